The summed E-state index contributed by atoms with van der Waals surface area (Å²) in [5, 5.41) is 3.26. The summed E-state index contributed by atoms with van der Waals surface area (Å²) in [7, 11) is 0. The summed E-state index contributed by atoms with van der Waals surface area (Å²) in [6.45, 7) is 8.47. The molecule has 1 rings (SSSR count). The molecule has 1 aliphatic heterocycles. The van der Waals surface area contributed by atoms with Crippen molar-refractivity contribution in [3.63, 3.8) is 0 Å². The Hall–Kier alpha value is -0.0800. The Balaban J connectivity index is 2.02. The van der Waals surface area contributed by atoms with Crippen molar-refractivity contribution in [1.82, 2.24) is 5.32 Å². The van der Waals surface area contributed by atoms with E-state index in [1.165, 1.54) is 13.1 Å². The van der Waals surface area contributed by atoms with Crippen molar-refractivity contribution in [3.05, 3.63) is 0 Å². The van der Waals surface area contributed by atoms with Gasteiger partial charge in [0.25, 0.3) is 0 Å². The molecule has 1 unspecified atom stereocenters. The Morgan fingerprint density at radius 1 is 1.60 bits per heavy atom. The minimum absolute atomic E-state index is 0.737. The first-order valence-electron chi connectivity index (χ1n) is 4.13. The summed E-state index contributed by atoms with van der Waals surface area (Å²) in [6.07, 6.45) is 0. The van der Waals surface area contributed by atoms with Gasteiger partial charge in [-0.1, -0.05) is 6.92 Å². The molecule has 0 aromatic carbocycles. The standard InChI is InChI=1S/C8H17NO/c1-3-10-6-7(2)8-4-9-5-8/h7-9H,3-6H2,1-2H3. The molecule has 0 saturated carbocycles. The van der Waals surface area contributed by atoms with Crippen molar-refractivity contribution in [3.8, 4) is 0 Å². The zero-order chi connectivity index (χ0) is 7.40. The lowest BCUT2D eigenvalue weighted by atomic mass is 9.90. The van der Waals surface area contributed by atoms with Crippen LogP contribution >= 0.6 is 0 Å². The van der Waals surface area contributed by atoms with Crippen molar-refractivity contribution in [2.24, 2.45) is 11.8 Å². The first-order chi connectivity index (χ1) is 4.84. The van der Waals surface area contributed by atoms with E-state index in [-0.39, 0.29) is 0 Å². The predicted octanol–water partition coefficient (Wildman–Crippen LogP) is 0.878. The molecule has 60 valence electrons. The number of nitrogens with one attached hydrogen (secondary N) is 1. The van der Waals surface area contributed by atoms with Crippen molar-refractivity contribution < 1.29 is 4.74 Å². The van der Waals surface area contributed by atoms with Gasteiger partial charge in [0.2, 0.25) is 0 Å². The lowest BCUT2D eigenvalue weighted by molar-refractivity contribution is 0.0788. The molecule has 0 amide bonds. The van der Waals surface area contributed by atoms with Crippen LogP contribution in [0.2, 0.25) is 0 Å². The van der Waals surface area contributed by atoms with Gasteiger partial charge >= 0.3 is 0 Å². The quantitative estimate of drug-likeness (QED) is 0.630. The summed E-state index contributed by atoms with van der Waals surface area (Å²) in [5.74, 6) is 1.60. The van der Waals surface area contributed by atoms with E-state index in [4.69, 9.17) is 4.74 Å². The van der Waals surface area contributed by atoms with Crippen LogP contribution in [-0.2, 0) is 4.74 Å². The Morgan fingerprint density at radius 3 is 2.70 bits per heavy atom. The highest BCUT2D eigenvalue weighted by molar-refractivity contribution is 4.78. The van der Waals surface area contributed by atoms with Gasteiger partial charge in [-0.2, -0.15) is 0 Å². The molecule has 1 fully saturated rings. The highest BCUT2D eigenvalue weighted by atomic mass is 16.5. The number of rotatable bonds is 4. The fourth-order valence-corrected chi connectivity index (χ4v) is 1.15. The third-order valence-corrected chi connectivity index (χ3v) is 2.20. The van der Waals surface area contributed by atoms with Crippen LogP contribution in [0, 0.1) is 11.8 Å². The van der Waals surface area contributed by atoms with E-state index in [9.17, 15) is 0 Å². The first-order valence-corrected chi connectivity index (χ1v) is 4.13. The van der Waals surface area contributed by atoms with Crippen molar-refractivity contribution in [2.75, 3.05) is 26.3 Å². The van der Waals surface area contributed by atoms with Gasteiger partial charge in [0.1, 0.15) is 0 Å². The molecular weight excluding hydrogens is 126 g/mol. The summed E-state index contributed by atoms with van der Waals surface area (Å²) < 4.78 is 5.32. The molecule has 10 heavy (non-hydrogen) atoms. The van der Waals surface area contributed by atoms with Gasteiger partial charge in [0, 0.05) is 13.2 Å². The van der Waals surface area contributed by atoms with E-state index in [0.29, 0.717) is 0 Å². The minimum Gasteiger partial charge on any atom is -0.381 e. The van der Waals surface area contributed by atoms with Crippen LogP contribution in [0.15, 0.2) is 0 Å². The van der Waals surface area contributed by atoms with E-state index >= 15 is 0 Å². The van der Waals surface area contributed by atoms with Gasteiger partial charge in [0.05, 0.1) is 0 Å². The van der Waals surface area contributed by atoms with E-state index < -0.39 is 0 Å². The third-order valence-electron chi connectivity index (χ3n) is 2.20. The largest absolute Gasteiger partial charge is 0.381 e. The summed E-state index contributed by atoms with van der Waals surface area (Å²) in [4.78, 5) is 0. The van der Waals surface area contributed by atoms with Crippen LogP contribution in [0.1, 0.15) is 13.8 Å². The molecule has 0 aromatic heterocycles. The van der Waals surface area contributed by atoms with Crippen molar-refractivity contribution in [1.29, 1.82) is 0 Å². The zero-order valence-corrected chi connectivity index (χ0v) is 6.89. The summed E-state index contributed by atoms with van der Waals surface area (Å²) >= 11 is 0. The molecule has 1 N–H and O–H groups in total. The molecule has 0 aromatic rings. The molecular formula is C8H17NO. The van der Waals surface area contributed by atoms with Gasteiger partial charge in [-0.05, 0) is 31.8 Å². The molecule has 0 aliphatic carbocycles. The van der Waals surface area contributed by atoms with Crippen LogP contribution in [0.3, 0.4) is 0 Å². The molecule has 0 spiro atoms. The predicted molar refractivity (Wildman–Crippen MR) is 42.0 cm³/mol. The minimum atomic E-state index is 0.737. The maximum Gasteiger partial charge on any atom is 0.0495 e. The molecule has 1 atom stereocenters. The third kappa shape index (κ3) is 1.96. The van der Waals surface area contributed by atoms with Crippen LogP contribution in [0.5, 0.6) is 0 Å². The fourth-order valence-electron chi connectivity index (χ4n) is 1.15. The SMILES string of the molecule is CCOCC(C)C1CNC1. The summed E-state index contributed by atoms with van der Waals surface area (Å²) in [5.41, 5.74) is 0. The van der Waals surface area contributed by atoms with Crippen LogP contribution in [-0.4, -0.2) is 26.3 Å². The average molecular weight is 143 g/mol. The second-order valence-electron chi connectivity index (χ2n) is 3.06. The maximum absolute atomic E-state index is 5.32. The smallest absolute Gasteiger partial charge is 0.0495 e. The highest BCUT2D eigenvalue weighted by Crippen LogP contribution is 2.15. The van der Waals surface area contributed by atoms with E-state index in [0.717, 1.165) is 25.0 Å². The molecule has 1 saturated heterocycles. The lowest BCUT2D eigenvalue weighted by Gasteiger charge is -2.32. The molecule has 2 heteroatoms. The van der Waals surface area contributed by atoms with Crippen LogP contribution in [0.4, 0.5) is 0 Å². The first kappa shape index (κ1) is 8.02. The molecule has 1 heterocycles. The Labute approximate surface area is 63.0 Å². The van der Waals surface area contributed by atoms with Crippen molar-refractivity contribution in [2.45, 2.75) is 13.8 Å². The number of ether oxygens (including phenoxy) is 1. The van der Waals surface area contributed by atoms with Gasteiger partial charge in [-0.25, -0.2) is 0 Å². The monoisotopic (exact) mass is 143 g/mol. The zero-order valence-electron chi connectivity index (χ0n) is 6.89. The molecule has 2 nitrogen and oxygen atoms in total. The molecule has 1 aliphatic rings. The molecule has 0 radical (unpaired) electrons. The van der Waals surface area contributed by atoms with Gasteiger partial charge in [0.15, 0.2) is 0 Å². The van der Waals surface area contributed by atoms with Crippen LogP contribution in [0.25, 0.3) is 0 Å². The van der Waals surface area contributed by atoms with Crippen molar-refractivity contribution >= 4 is 0 Å². The lowest BCUT2D eigenvalue weighted by Crippen LogP contribution is -2.46. The van der Waals surface area contributed by atoms with E-state index in [1.807, 2.05) is 6.92 Å². The van der Waals surface area contributed by atoms with Gasteiger partial charge < -0.3 is 10.1 Å². The topological polar surface area (TPSA) is 21.3 Å². The fraction of sp³-hybridized carbons (Fsp3) is 1.00. The Kier molecular flexibility index (Phi) is 3.16. The van der Waals surface area contributed by atoms with Gasteiger partial charge in [-0.15, -0.1) is 0 Å². The average Bonchev–Trinajstić information content (AvgIpc) is 1.79. The van der Waals surface area contributed by atoms with E-state index in [2.05, 4.69) is 12.2 Å². The maximum atomic E-state index is 5.32. The Bertz CT molecular complexity index is 91.3. The van der Waals surface area contributed by atoms with Crippen LogP contribution < -0.4 is 5.32 Å². The number of hydrogen-bond acceptors (Lipinski definition) is 2. The van der Waals surface area contributed by atoms with Gasteiger partial charge in [-0.3, -0.25) is 0 Å². The molecule has 0 bridgehead atoms. The Morgan fingerprint density at radius 2 is 2.30 bits per heavy atom. The number of hydrogen-bond donors (Lipinski definition) is 1. The second kappa shape index (κ2) is 3.94. The van der Waals surface area contributed by atoms with E-state index in [1.54, 1.807) is 0 Å². The normalized spacial score (nSPS) is 22.2. The highest BCUT2D eigenvalue weighted by Gasteiger charge is 2.22. The second-order valence-corrected chi connectivity index (χ2v) is 3.06. The summed E-state index contributed by atoms with van der Waals surface area (Å²) in [6, 6.07) is 0.